The van der Waals surface area contributed by atoms with E-state index in [1.54, 1.807) is 23.8 Å². The Morgan fingerprint density at radius 2 is 1.85 bits per heavy atom. The third-order valence-electron chi connectivity index (χ3n) is 4.81. The van der Waals surface area contributed by atoms with E-state index in [0.717, 1.165) is 10.4 Å². The van der Waals surface area contributed by atoms with E-state index >= 15 is 4.39 Å². The lowest BCUT2D eigenvalue weighted by Gasteiger charge is -2.12. The van der Waals surface area contributed by atoms with Crippen LogP contribution in [0.15, 0.2) is 42.9 Å². The Labute approximate surface area is 184 Å². The van der Waals surface area contributed by atoms with Crippen LogP contribution in [0.1, 0.15) is 11.3 Å². The van der Waals surface area contributed by atoms with Crippen LogP contribution in [0, 0.1) is 18.6 Å². The molecule has 0 aliphatic carbocycles. The Hall–Kier alpha value is -3.96. The number of alkyl halides is 3. The Morgan fingerprint density at radius 3 is 2.48 bits per heavy atom. The number of imidazole rings is 1. The largest absolute Gasteiger partial charge is 0.492 e. The minimum atomic E-state index is -4.65. The van der Waals surface area contributed by atoms with Crippen LogP contribution in [0.5, 0.6) is 5.75 Å². The summed E-state index contributed by atoms with van der Waals surface area (Å²) in [5, 5.41) is 6.58. The molecule has 0 atom stereocenters. The van der Waals surface area contributed by atoms with Gasteiger partial charge in [0.15, 0.2) is 17.4 Å². The quantitative estimate of drug-likeness (QED) is 0.420. The lowest BCUT2D eigenvalue weighted by atomic mass is 10.1. The van der Waals surface area contributed by atoms with Crippen LogP contribution in [0.4, 0.5) is 33.6 Å². The fraction of sp³-hybridized carbons (Fsp3) is 0.190. The Morgan fingerprint density at radius 1 is 1.09 bits per heavy atom. The molecule has 0 aliphatic heterocycles. The number of aryl methyl sites for hydroxylation is 2. The SMILES string of the molecule is COc1c(-n2cnc(C)c2)ccc(-c2nc(Nc3cc(C(F)(F)F)ccc3F)n(C)n2)c1F. The van der Waals surface area contributed by atoms with Gasteiger partial charge in [-0.25, -0.2) is 18.4 Å². The number of nitrogens with one attached hydrogen (secondary N) is 1. The molecular weight excluding hydrogens is 447 g/mol. The molecule has 7 nitrogen and oxygen atoms in total. The molecule has 1 N–H and O–H groups in total. The molecule has 172 valence electrons. The second kappa shape index (κ2) is 8.19. The number of halogens is 5. The monoisotopic (exact) mass is 464 g/mol. The fourth-order valence-corrected chi connectivity index (χ4v) is 3.19. The zero-order valence-corrected chi connectivity index (χ0v) is 17.6. The van der Waals surface area contributed by atoms with E-state index in [1.807, 2.05) is 0 Å². The molecular formula is C21H17F5N6O. The van der Waals surface area contributed by atoms with Gasteiger partial charge in [-0.05, 0) is 37.3 Å². The molecule has 0 aliphatic rings. The maximum Gasteiger partial charge on any atom is 0.416 e. The number of hydrogen-bond acceptors (Lipinski definition) is 5. The molecule has 2 aromatic heterocycles. The summed E-state index contributed by atoms with van der Waals surface area (Å²) in [5.74, 6) is -1.90. The van der Waals surface area contributed by atoms with Gasteiger partial charge in [0.1, 0.15) is 5.82 Å². The normalized spacial score (nSPS) is 11.6. The van der Waals surface area contributed by atoms with E-state index in [1.165, 1.54) is 26.6 Å². The van der Waals surface area contributed by atoms with Crippen LogP contribution in [0.25, 0.3) is 17.1 Å². The van der Waals surface area contributed by atoms with Crippen molar-refractivity contribution in [3.05, 3.63) is 65.7 Å². The number of hydrogen-bond donors (Lipinski definition) is 1. The van der Waals surface area contributed by atoms with Crippen molar-refractivity contribution in [3.63, 3.8) is 0 Å². The summed E-state index contributed by atoms with van der Waals surface area (Å²) in [6.07, 6.45) is -1.44. The molecule has 0 saturated carbocycles. The van der Waals surface area contributed by atoms with Crippen LogP contribution >= 0.6 is 0 Å². The second-order valence-corrected chi connectivity index (χ2v) is 7.10. The molecule has 12 heteroatoms. The Balaban J connectivity index is 1.71. The van der Waals surface area contributed by atoms with E-state index in [9.17, 15) is 17.6 Å². The number of benzene rings is 2. The van der Waals surface area contributed by atoms with Crippen molar-refractivity contribution in [1.29, 1.82) is 0 Å². The summed E-state index contributed by atoms with van der Waals surface area (Å²) in [5.41, 5.74) is -0.364. The van der Waals surface area contributed by atoms with Gasteiger partial charge in [0, 0.05) is 13.2 Å². The zero-order chi connectivity index (χ0) is 23.9. The third kappa shape index (κ3) is 4.23. The van der Waals surface area contributed by atoms with Crippen LogP contribution < -0.4 is 10.1 Å². The number of rotatable bonds is 5. The minimum Gasteiger partial charge on any atom is -0.492 e. The molecule has 0 saturated heterocycles. The molecule has 2 heterocycles. The van der Waals surface area contributed by atoms with Gasteiger partial charge in [0.25, 0.3) is 0 Å². The third-order valence-corrected chi connectivity index (χ3v) is 4.81. The summed E-state index contributed by atoms with van der Waals surface area (Å²) >= 11 is 0. The van der Waals surface area contributed by atoms with Gasteiger partial charge in [0.05, 0.1) is 41.6 Å². The average Bonchev–Trinajstić information content (AvgIpc) is 3.34. The number of anilines is 2. The lowest BCUT2D eigenvalue weighted by Crippen LogP contribution is -2.07. The van der Waals surface area contributed by atoms with Gasteiger partial charge in [-0.1, -0.05) is 0 Å². The fourth-order valence-electron chi connectivity index (χ4n) is 3.19. The first-order chi connectivity index (χ1) is 15.6. The summed E-state index contributed by atoms with van der Waals surface area (Å²) in [6.45, 7) is 1.78. The van der Waals surface area contributed by atoms with Gasteiger partial charge >= 0.3 is 6.18 Å². The highest BCUT2D eigenvalue weighted by Gasteiger charge is 2.31. The van der Waals surface area contributed by atoms with Crippen molar-refractivity contribution in [2.45, 2.75) is 13.1 Å². The van der Waals surface area contributed by atoms with E-state index < -0.39 is 29.1 Å². The maximum absolute atomic E-state index is 15.3. The van der Waals surface area contributed by atoms with Crippen molar-refractivity contribution < 1.29 is 26.7 Å². The van der Waals surface area contributed by atoms with Gasteiger partial charge in [-0.2, -0.15) is 18.2 Å². The Bertz CT molecular complexity index is 1330. The zero-order valence-electron chi connectivity index (χ0n) is 17.6. The molecule has 4 aromatic rings. The summed E-state index contributed by atoms with van der Waals surface area (Å²) in [6, 6.07) is 4.98. The Kier molecular flexibility index (Phi) is 5.52. The molecule has 33 heavy (non-hydrogen) atoms. The highest BCUT2D eigenvalue weighted by Crippen LogP contribution is 2.35. The second-order valence-electron chi connectivity index (χ2n) is 7.10. The topological polar surface area (TPSA) is 69.8 Å². The van der Waals surface area contributed by atoms with Gasteiger partial charge < -0.3 is 14.6 Å². The van der Waals surface area contributed by atoms with Gasteiger partial charge in [-0.3, -0.25) is 0 Å². The first-order valence-corrected chi connectivity index (χ1v) is 9.51. The van der Waals surface area contributed by atoms with Crippen molar-refractivity contribution in [3.8, 4) is 22.8 Å². The number of nitrogens with zero attached hydrogens (tertiary/aromatic N) is 5. The van der Waals surface area contributed by atoms with Crippen LogP contribution in [0.2, 0.25) is 0 Å². The van der Waals surface area contributed by atoms with Gasteiger partial charge in [0.2, 0.25) is 5.95 Å². The first kappa shape index (κ1) is 22.2. The van der Waals surface area contributed by atoms with Crippen molar-refractivity contribution >= 4 is 11.6 Å². The number of methoxy groups -OCH3 is 1. The molecule has 0 radical (unpaired) electrons. The highest BCUT2D eigenvalue weighted by molar-refractivity contribution is 5.66. The molecule has 0 spiro atoms. The van der Waals surface area contributed by atoms with Crippen LogP contribution in [-0.2, 0) is 13.2 Å². The molecule has 4 rings (SSSR count). The number of ether oxygens (including phenoxy) is 1. The molecule has 0 bridgehead atoms. The van der Waals surface area contributed by atoms with Crippen molar-refractivity contribution in [2.75, 3.05) is 12.4 Å². The highest BCUT2D eigenvalue weighted by atomic mass is 19.4. The maximum atomic E-state index is 15.3. The summed E-state index contributed by atoms with van der Waals surface area (Å²) < 4.78 is 76.3. The molecule has 0 unspecified atom stereocenters. The minimum absolute atomic E-state index is 0.0133. The predicted molar refractivity (Wildman–Crippen MR) is 109 cm³/mol. The van der Waals surface area contributed by atoms with Crippen LogP contribution in [-0.4, -0.2) is 31.4 Å². The van der Waals surface area contributed by atoms with Crippen LogP contribution in [0.3, 0.4) is 0 Å². The molecule has 2 aromatic carbocycles. The predicted octanol–water partition coefficient (Wildman–Crippen LogP) is 5.03. The van der Waals surface area contributed by atoms with Crippen molar-refractivity contribution in [1.82, 2.24) is 24.3 Å². The summed E-state index contributed by atoms with van der Waals surface area (Å²) in [4.78, 5) is 8.24. The molecule has 0 fully saturated rings. The smallest absolute Gasteiger partial charge is 0.416 e. The first-order valence-electron chi connectivity index (χ1n) is 9.51. The van der Waals surface area contributed by atoms with E-state index in [-0.39, 0.29) is 23.1 Å². The van der Waals surface area contributed by atoms with Gasteiger partial charge in [-0.15, -0.1) is 5.10 Å². The van der Waals surface area contributed by atoms with Crippen molar-refractivity contribution in [2.24, 2.45) is 7.05 Å². The summed E-state index contributed by atoms with van der Waals surface area (Å²) in [7, 11) is 2.74. The standard InChI is InChI=1S/C21H17F5N6O/c1-11-9-32(10-27-11)16-7-5-13(17(23)18(16)33-3)19-29-20(31(2)30-19)28-15-8-12(21(24,25)26)4-6-14(15)22/h4-10H,1-3H3,(H,28,29,30). The van der Waals surface area contributed by atoms with E-state index in [2.05, 4.69) is 20.4 Å². The molecule has 0 amide bonds. The van der Waals surface area contributed by atoms with E-state index in [4.69, 9.17) is 4.74 Å². The average molecular weight is 464 g/mol. The number of aromatic nitrogens is 5. The lowest BCUT2D eigenvalue weighted by molar-refractivity contribution is -0.137. The van der Waals surface area contributed by atoms with E-state index in [0.29, 0.717) is 23.9 Å².